The number of nitrogens with zero attached hydrogens (tertiary/aromatic N) is 5. The third-order valence-electron chi connectivity index (χ3n) is 10.9. The number of carbonyl (C=O) groups is 1. The third-order valence-corrected chi connectivity index (χ3v) is 12.5. The fourth-order valence-corrected chi connectivity index (χ4v) is 8.86. The number of amides is 1. The number of rotatable bonds is 11. The summed E-state index contributed by atoms with van der Waals surface area (Å²) < 4.78 is 56.5. The van der Waals surface area contributed by atoms with Gasteiger partial charge in [0.15, 0.2) is 0 Å². The van der Waals surface area contributed by atoms with Gasteiger partial charge in [-0.1, -0.05) is 43.2 Å². The van der Waals surface area contributed by atoms with E-state index in [1.807, 2.05) is 18.2 Å². The first-order valence-electron chi connectivity index (χ1n) is 19.3. The number of aromatic amines is 1. The summed E-state index contributed by atoms with van der Waals surface area (Å²) in [6, 6.07) is 21.7. The van der Waals surface area contributed by atoms with Gasteiger partial charge in [-0.15, -0.1) is 0 Å². The van der Waals surface area contributed by atoms with Crippen molar-refractivity contribution in [3.8, 4) is 28.6 Å². The SMILES string of the molecule is COc1cc(-c2nc(C(=O)NS(=O)(=O)c3ccc(N4CCN(CC5=C(c6ccc(Cl)cc6)CC(C)(C)CC5)CC4)cc3Oc3cnc4[nH]ccc4c3)ccc2F)ccn1. The molecule has 0 unspecified atom stereocenters. The monoisotopic (exact) mass is 835 g/mol. The zero-order valence-electron chi connectivity index (χ0n) is 32.8. The molecule has 0 saturated carbocycles. The van der Waals surface area contributed by atoms with E-state index in [9.17, 15) is 17.6 Å². The molecule has 0 atom stereocenters. The zero-order valence-corrected chi connectivity index (χ0v) is 34.4. The predicted octanol–water partition coefficient (Wildman–Crippen LogP) is 8.52. The number of methoxy groups -OCH3 is 1. The van der Waals surface area contributed by atoms with E-state index in [0.717, 1.165) is 67.1 Å². The van der Waals surface area contributed by atoms with Crippen molar-refractivity contribution in [3.05, 3.63) is 125 Å². The second-order valence-corrected chi connectivity index (χ2v) is 17.6. The predicted molar refractivity (Wildman–Crippen MR) is 226 cm³/mol. The molecule has 1 aliphatic heterocycles. The Balaban J connectivity index is 1.04. The minimum atomic E-state index is -4.55. The van der Waals surface area contributed by atoms with Gasteiger partial charge in [0, 0.05) is 78.9 Å². The summed E-state index contributed by atoms with van der Waals surface area (Å²) >= 11 is 6.23. The van der Waals surface area contributed by atoms with Crippen molar-refractivity contribution in [1.29, 1.82) is 0 Å². The van der Waals surface area contributed by atoms with E-state index in [2.05, 4.69) is 60.4 Å². The molecule has 6 aromatic rings. The van der Waals surface area contributed by atoms with Gasteiger partial charge < -0.3 is 19.4 Å². The van der Waals surface area contributed by atoms with Gasteiger partial charge in [-0.25, -0.2) is 32.5 Å². The van der Waals surface area contributed by atoms with Crippen molar-refractivity contribution in [2.45, 2.75) is 38.0 Å². The number of sulfonamides is 1. The summed E-state index contributed by atoms with van der Waals surface area (Å²) in [6.45, 7) is 8.56. The van der Waals surface area contributed by atoms with E-state index in [-0.39, 0.29) is 33.3 Å². The minimum Gasteiger partial charge on any atom is -0.481 e. The smallest absolute Gasteiger partial charge is 0.283 e. The Bertz CT molecular complexity index is 2680. The molecule has 8 rings (SSSR count). The molecule has 12 nitrogen and oxygen atoms in total. The standard InChI is InChI=1S/C44H43ClFN7O5S/c1-44(2)15-12-31(35(25-44)28-4-6-32(45)7-5-28)27-52-18-20-53(21-19-52)33-8-11-39(38(24-33)58-34-22-30-14-17-48-42(30)49-26-34)59(55,56)51-43(54)37-10-9-36(46)41(50-37)29-13-16-47-40(23-29)57-3/h4-11,13-14,16-17,22-24,26H,12,15,18-21,25,27H2,1-3H3,(H,48,49)(H,51,54). The fraction of sp³-hybridized carbons (Fsp3) is 0.273. The van der Waals surface area contributed by atoms with Crippen LogP contribution in [0.4, 0.5) is 10.1 Å². The van der Waals surface area contributed by atoms with Gasteiger partial charge in [0.2, 0.25) is 5.88 Å². The van der Waals surface area contributed by atoms with Crippen LogP contribution in [0.15, 0.2) is 108 Å². The summed E-state index contributed by atoms with van der Waals surface area (Å²) in [6.07, 6.45) is 7.84. The number of hydrogen-bond donors (Lipinski definition) is 2. The lowest BCUT2D eigenvalue weighted by Crippen LogP contribution is -2.47. The highest BCUT2D eigenvalue weighted by Gasteiger charge is 2.30. The molecule has 59 heavy (non-hydrogen) atoms. The number of pyridine rings is 3. The first-order valence-corrected chi connectivity index (χ1v) is 21.1. The summed E-state index contributed by atoms with van der Waals surface area (Å²) in [5.41, 5.74) is 5.54. The quantitative estimate of drug-likeness (QED) is 0.130. The Labute approximate surface area is 347 Å². The Morgan fingerprint density at radius 2 is 1.76 bits per heavy atom. The molecule has 15 heteroatoms. The van der Waals surface area contributed by atoms with Crippen LogP contribution in [0.5, 0.6) is 17.4 Å². The Hall–Kier alpha value is -5.83. The normalized spacial score (nSPS) is 16.0. The van der Waals surface area contributed by atoms with Crippen LogP contribution < -0.4 is 19.1 Å². The lowest BCUT2D eigenvalue weighted by molar-refractivity contribution is 0.0976. The minimum absolute atomic E-state index is 0.00105. The Morgan fingerprint density at radius 3 is 2.54 bits per heavy atom. The molecule has 5 heterocycles. The Kier molecular flexibility index (Phi) is 11.1. The summed E-state index contributed by atoms with van der Waals surface area (Å²) in [5, 5.41) is 1.50. The van der Waals surface area contributed by atoms with Gasteiger partial charge in [0.05, 0.1) is 13.3 Å². The molecule has 0 bridgehead atoms. The van der Waals surface area contributed by atoms with Crippen LogP contribution in [0.25, 0.3) is 27.9 Å². The number of hydrogen-bond acceptors (Lipinski definition) is 10. The average molecular weight is 836 g/mol. The second kappa shape index (κ2) is 16.4. The molecule has 0 radical (unpaired) electrons. The van der Waals surface area contributed by atoms with Gasteiger partial charge in [-0.3, -0.25) is 9.69 Å². The lowest BCUT2D eigenvalue weighted by atomic mass is 9.72. The van der Waals surface area contributed by atoms with Crippen LogP contribution in [0.3, 0.4) is 0 Å². The number of ether oxygens (including phenoxy) is 2. The molecule has 1 amide bonds. The van der Waals surface area contributed by atoms with Crippen molar-refractivity contribution < 1.29 is 27.1 Å². The van der Waals surface area contributed by atoms with Crippen molar-refractivity contribution in [3.63, 3.8) is 0 Å². The number of fused-ring (bicyclic) bond motifs is 1. The van der Waals surface area contributed by atoms with Crippen LogP contribution in [-0.4, -0.2) is 79.0 Å². The molecule has 304 valence electrons. The van der Waals surface area contributed by atoms with Crippen molar-refractivity contribution in [2.75, 3.05) is 44.7 Å². The summed E-state index contributed by atoms with van der Waals surface area (Å²) in [7, 11) is -3.14. The van der Waals surface area contributed by atoms with E-state index < -0.39 is 21.7 Å². The number of aromatic nitrogens is 4. The highest BCUT2D eigenvalue weighted by molar-refractivity contribution is 7.90. The van der Waals surface area contributed by atoms with Gasteiger partial charge >= 0.3 is 0 Å². The summed E-state index contributed by atoms with van der Waals surface area (Å²) in [5.74, 6) is -1.24. The molecule has 0 spiro atoms. The largest absolute Gasteiger partial charge is 0.481 e. The van der Waals surface area contributed by atoms with E-state index in [1.54, 1.807) is 24.4 Å². The number of allylic oxidation sites excluding steroid dienone is 1. The molecule has 1 fully saturated rings. The topological polar surface area (TPSA) is 143 Å². The van der Waals surface area contributed by atoms with Gasteiger partial charge in [0.25, 0.3) is 15.9 Å². The number of H-pyrrole nitrogens is 1. The van der Waals surface area contributed by atoms with Gasteiger partial charge in [0.1, 0.15) is 39.2 Å². The molecule has 1 aliphatic carbocycles. The number of nitrogens with one attached hydrogen (secondary N) is 2. The van der Waals surface area contributed by atoms with Crippen molar-refractivity contribution >= 4 is 49.8 Å². The molecule has 2 aromatic carbocycles. The average Bonchev–Trinajstić information content (AvgIpc) is 3.70. The maximum Gasteiger partial charge on any atom is 0.283 e. The number of carbonyl (C=O) groups excluding carboxylic acids is 1. The lowest BCUT2D eigenvalue weighted by Gasteiger charge is -2.39. The van der Waals surface area contributed by atoms with Crippen LogP contribution in [0, 0.1) is 11.2 Å². The number of anilines is 1. The first-order chi connectivity index (χ1) is 28.3. The fourth-order valence-electron chi connectivity index (χ4n) is 7.66. The van der Waals surface area contributed by atoms with Gasteiger partial charge in [-0.05, 0) is 90.4 Å². The molecule has 2 N–H and O–H groups in total. The van der Waals surface area contributed by atoms with Crippen LogP contribution >= 0.6 is 11.6 Å². The van der Waals surface area contributed by atoms with E-state index in [0.29, 0.717) is 30.0 Å². The highest BCUT2D eigenvalue weighted by Crippen LogP contribution is 2.43. The molecule has 4 aromatic heterocycles. The Morgan fingerprint density at radius 1 is 0.966 bits per heavy atom. The number of benzene rings is 2. The van der Waals surface area contributed by atoms with E-state index in [4.69, 9.17) is 21.1 Å². The summed E-state index contributed by atoms with van der Waals surface area (Å²) in [4.78, 5) is 33.5. The number of piperazine rings is 1. The van der Waals surface area contributed by atoms with Crippen LogP contribution in [-0.2, 0) is 10.0 Å². The first kappa shape index (κ1) is 40.0. The van der Waals surface area contributed by atoms with Crippen molar-refractivity contribution in [2.24, 2.45) is 5.41 Å². The van der Waals surface area contributed by atoms with E-state index >= 15 is 0 Å². The van der Waals surface area contributed by atoms with Crippen LogP contribution in [0.2, 0.25) is 5.02 Å². The molecular weight excluding hydrogens is 793 g/mol. The maximum atomic E-state index is 14.9. The molecule has 1 saturated heterocycles. The number of halogens is 2. The van der Waals surface area contributed by atoms with Crippen molar-refractivity contribution in [1.82, 2.24) is 29.6 Å². The molecule has 2 aliphatic rings. The second-order valence-electron chi connectivity index (χ2n) is 15.6. The van der Waals surface area contributed by atoms with E-state index in [1.165, 1.54) is 54.4 Å². The van der Waals surface area contributed by atoms with Gasteiger partial charge in [-0.2, -0.15) is 0 Å². The highest BCUT2D eigenvalue weighted by atomic mass is 35.5. The zero-order chi connectivity index (χ0) is 41.3. The third kappa shape index (κ3) is 8.94. The van der Waals surface area contributed by atoms with Crippen LogP contribution in [0.1, 0.15) is 49.2 Å². The maximum absolute atomic E-state index is 14.9. The molecular formula is C44H43ClFN7O5S.